The smallest absolute Gasteiger partial charge is 0.689 e. The van der Waals surface area contributed by atoms with Crippen molar-refractivity contribution in [1.82, 2.24) is 0 Å². The zero-order chi connectivity index (χ0) is 37.9. The summed E-state index contributed by atoms with van der Waals surface area (Å²) in [5.74, 6) is 0. The Bertz CT molecular complexity index is 549. The summed E-state index contributed by atoms with van der Waals surface area (Å²) in [4.78, 5) is 0. The third-order valence-electron chi connectivity index (χ3n) is 4.27. The molecule has 2 fully saturated rings. The van der Waals surface area contributed by atoms with Crippen LogP contribution in [-0.4, -0.2) is 92.3 Å². The van der Waals surface area contributed by atoms with E-state index in [0.717, 1.165) is 26.4 Å². The van der Waals surface area contributed by atoms with E-state index in [-0.39, 0.29) is 65.4 Å². The van der Waals surface area contributed by atoms with Crippen LogP contribution in [0, 0.1) is 13.1 Å². The molecule has 0 amide bonds. The summed E-state index contributed by atoms with van der Waals surface area (Å²) in [6.07, 6.45) is 5.11. The molecule has 0 bridgehead atoms. The first-order valence-electron chi connectivity index (χ1n) is 17.7. The molecule has 0 saturated carbocycles. The van der Waals surface area contributed by atoms with E-state index >= 15 is 0 Å². The molecule has 0 aromatic rings. The molecule has 0 aromatic carbocycles. The monoisotopic (exact) mass is 960 g/mol. The van der Waals surface area contributed by atoms with Crippen LogP contribution in [0.2, 0.25) is 144 Å². The van der Waals surface area contributed by atoms with E-state index in [9.17, 15) is 0 Å². The fraction of sp³-hybridized carbons (Fsp3) is 0.938. The zero-order valence-electron chi connectivity index (χ0n) is 36.8. The van der Waals surface area contributed by atoms with Crippen LogP contribution in [0.1, 0.15) is 25.7 Å². The number of nitrogens with zero attached hydrogens (tertiary/aromatic N) is 4. The van der Waals surface area contributed by atoms with Crippen molar-refractivity contribution < 1.29 is 74.9 Å². The van der Waals surface area contributed by atoms with E-state index < -0.39 is 65.9 Å². The van der Waals surface area contributed by atoms with Crippen LogP contribution in [-0.2, 0) is 74.9 Å². The molecular formula is C32H86N4O2Si8Y2. The average Bonchev–Trinajstić information content (AvgIpc) is 3.37. The molecule has 2 aliphatic rings. The van der Waals surface area contributed by atoms with Crippen molar-refractivity contribution in [2.24, 2.45) is 0 Å². The first-order valence-corrected chi connectivity index (χ1v) is 44.6. The number of rotatable bonds is 8. The van der Waals surface area contributed by atoms with Gasteiger partial charge in [0.25, 0.3) is 0 Å². The fourth-order valence-corrected chi connectivity index (χ4v) is 35.5. The number of hydrogen-bond donors (Lipinski definition) is 0. The van der Waals surface area contributed by atoms with Gasteiger partial charge in [-0.05, 0) is 25.7 Å². The van der Waals surface area contributed by atoms with Crippen molar-refractivity contribution in [3.63, 3.8) is 0 Å². The quantitative estimate of drug-likeness (QED) is 0.180. The van der Waals surface area contributed by atoms with Gasteiger partial charge in [-0.1, -0.05) is 167 Å². The molecule has 2 heterocycles. The van der Waals surface area contributed by atoms with Crippen LogP contribution >= 0.6 is 0 Å². The molecule has 2 aliphatic heterocycles. The molecular weight excluding hydrogens is 875 g/mol. The largest absolute Gasteiger partial charge is 3.00 e. The summed E-state index contributed by atoms with van der Waals surface area (Å²) < 4.78 is 28.9. The second-order valence-electron chi connectivity index (χ2n) is 19.7. The average molecular weight is 962 g/mol. The van der Waals surface area contributed by atoms with Gasteiger partial charge in [0, 0.05) is 26.4 Å². The van der Waals surface area contributed by atoms with E-state index in [2.05, 4.69) is 157 Å². The molecule has 48 heavy (non-hydrogen) atoms. The van der Waals surface area contributed by atoms with Crippen molar-refractivity contribution >= 4 is 65.9 Å². The van der Waals surface area contributed by atoms with Crippen molar-refractivity contribution in [1.29, 1.82) is 0 Å². The van der Waals surface area contributed by atoms with Crippen LogP contribution < -0.4 is 0 Å². The number of hydrogen-bond acceptors (Lipinski definition) is 2. The Morgan fingerprint density at radius 3 is 0.479 bits per heavy atom. The topological polar surface area (TPSA) is 74.9 Å². The molecule has 16 heteroatoms. The van der Waals surface area contributed by atoms with Gasteiger partial charge in [0.05, 0.1) is 0 Å². The summed E-state index contributed by atoms with van der Waals surface area (Å²) in [5, 5.41) is 0. The Morgan fingerprint density at radius 1 is 0.312 bits per heavy atom. The van der Waals surface area contributed by atoms with E-state index in [1.807, 2.05) is 0 Å². The Morgan fingerprint density at radius 2 is 0.458 bits per heavy atom. The van der Waals surface area contributed by atoms with Gasteiger partial charge in [-0.3, -0.25) is 0 Å². The molecule has 0 aliphatic carbocycles. The van der Waals surface area contributed by atoms with Crippen molar-refractivity contribution in [2.75, 3.05) is 26.4 Å². The summed E-state index contributed by atoms with van der Waals surface area (Å²) in [6, 6.07) is 0. The molecule has 284 valence electrons. The maximum absolute atomic E-state index is 4.94. The van der Waals surface area contributed by atoms with Crippen LogP contribution in [0.15, 0.2) is 0 Å². The van der Waals surface area contributed by atoms with Gasteiger partial charge < -0.3 is 41.2 Å². The molecule has 0 aromatic heterocycles. The first kappa shape index (κ1) is 63.6. The minimum absolute atomic E-state index is 0. The van der Waals surface area contributed by atoms with Gasteiger partial charge in [-0.2, -0.15) is 0 Å². The van der Waals surface area contributed by atoms with Gasteiger partial charge in [-0.15, -0.1) is 26.2 Å². The van der Waals surface area contributed by atoms with Gasteiger partial charge in [0.15, 0.2) is 0 Å². The van der Waals surface area contributed by atoms with Gasteiger partial charge >= 0.3 is 65.4 Å². The van der Waals surface area contributed by atoms with Crippen LogP contribution in [0.5, 0.6) is 0 Å². The molecule has 0 spiro atoms. The minimum Gasteiger partial charge on any atom is -0.689 e. The Labute approximate surface area is 364 Å². The van der Waals surface area contributed by atoms with Crippen LogP contribution in [0.25, 0.3) is 18.6 Å². The van der Waals surface area contributed by atoms with Crippen LogP contribution in [0.3, 0.4) is 0 Å². The molecule has 0 atom stereocenters. The molecule has 0 radical (unpaired) electrons. The molecule has 0 N–H and O–H groups in total. The maximum Gasteiger partial charge on any atom is 3.00 e. The maximum atomic E-state index is 4.94. The van der Waals surface area contributed by atoms with Gasteiger partial charge in [-0.25, -0.2) is 16.5 Å². The van der Waals surface area contributed by atoms with E-state index in [1.165, 1.54) is 25.7 Å². The van der Waals surface area contributed by atoms with E-state index in [1.54, 1.807) is 0 Å². The van der Waals surface area contributed by atoms with Gasteiger partial charge in [0.2, 0.25) is 0 Å². The Balaban J connectivity index is -0.000000111. The SMILES string of the molecule is C1CCOC1.C1CCOC1.C[Si](C)(C)[N-][Si](C)(C)C.C[Si](C)(C)[N-][Si](C)(C)C.[CH2-][Si](C)(C)[N-][Si](C)(C)C.[CH2-][Si](C)(C)[N-][Si](C)(C)C.[Y+3].[Y+3]. The number of ether oxygens (including phenoxy) is 2. The van der Waals surface area contributed by atoms with Crippen molar-refractivity contribution in [2.45, 2.75) is 170 Å². The van der Waals surface area contributed by atoms with Crippen molar-refractivity contribution in [3.05, 3.63) is 31.7 Å². The molecule has 2 rings (SSSR count). The minimum atomic E-state index is -1.36. The Hall–Kier alpha value is 3.70. The third kappa shape index (κ3) is 82.9. The molecule has 6 nitrogen and oxygen atoms in total. The van der Waals surface area contributed by atoms with Gasteiger partial charge in [0.1, 0.15) is 0 Å². The predicted molar refractivity (Wildman–Crippen MR) is 239 cm³/mol. The second-order valence-corrected chi connectivity index (χ2v) is 56.6. The summed E-state index contributed by atoms with van der Waals surface area (Å²) in [5.41, 5.74) is 0. The van der Waals surface area contributed by atoms with Crippen LogP contribution in [0.4, 0.5) is 0 Å². The predicted octanol–water partition coefficient (Wildman–Crippen LogP) is 13.2. The fourth-order valence-electron chi connectivity index (χ4n) is 4.85. The molecule has 2 saturated heterocycles. The summed E-state index contributed by atoms with van der Waals surface area (Å²) in [7, 11) is -9.47. The van der Waals surface area contributed by atoms with E-state index in [4.69, 9.17) is 28.1 Å². The first-order chi connectivity index (χ1) is 19.8. The zero-order valence-corrected chi connectivity index (χ0v) is 50.5. The van der Waals surface area contributed by atoms with Crippen molar-refractivity contribution in [3.8, 4) is 0 Å². The summed E-state index contributed by atoms with van der Waals surface area (Å²) in [6.45, 7) is 62.0. The second kappa shape index (κ2) is 29.0. The molecule has 0 unspecified atom stereocenters. The third-order valence-corrected chi connectivity index (χ3v) is 25.2. The Kier molecular flexibility index (Phi) is 38.5. The normalized spacial score (nSPS) is 15.5. The van der Waals surface area contributed by atoms with E-state index in [0.29, 0.717) is 0 Å². The summed E-state index contributed by atoms with van der Waals surface area (Å²) >= 11 is 0. The standard InChI is InChI=1S/2C6H18NSi2.2C6H17NSi2.2C4H8O.2Y/c4*1-8(2,3)7-9(4,5)6;2*1-2-4-5-3-1;;/h2*1-6H3;2*1H2,2-6H3;2*1-4H2;;/q2*-1;2*-2;;;2*+3.